The second-order valence-corrected chi connectivity index (χ2v) is 7.49. The van der Waals surface area contributed by atoms with E-state index in [-0.39, 0.29) is 11.2 Å². The standard InChI is InChI=1S/C15H16BrFOS/c1-15(2,3)13-7-6-12(19-13)14(18)10-8-9(17)4-5-11(10)16/h4-8,14,18H,1-3H3. The first-order chi connectivity index (χ1) is 8.79. The number of halogens is 2. The number of rotatable bonds is 2. The minimum Gasteiger partial charge on any atom is -0.383 e. The Hall–Kier alpha value is -0.710. The molecule has 19 heavy (non-hydrogen) atoms. The molecule has 2 rings (SSSR count). The number of hydrogen-bond donors (Lipinski definition) is 1. The molecule has 0 bridgehead atoms. The third-order valence-corrected chi connectivity index (χ3v) is 5.17. The Morgan fingerprint density at radius 3 is 2.47 bits per heavy atom. The van der Waals surface area contributed by atoms with Crippen molar-refractivity contribution in [2.24, 2.45) is 0 Å². The Balaban J connectivity index is 2.36. The van der Waals surface area contributed by atoms with Crippen LogP contribution in [0.4, 0.5) is 4.39 Å². The lowest BCUT2D eigenvalue weighted by Crippen LogP contribution is -2.07. The van der Waals surface area contributed by atoms with Crippen LogP contribution in [0.25, 0.3) is 0 Å². The molecule has 1 unspecified atom stereocenters. The predicted octanol–water partition coefficient (Wildman–Crippen LogP) is 5.03. The number of hydrogen-bond acceptors (Lipinski definition) is 2. The van der Waals surface area contributed by atoms with Crippen LogP contribution in [0.3, 0.4) is 0 Å². The summed E-state index contributed by atoms with van der Waals surface area (Å²) in [5.41, 5.74) is 0.615. The number of benzene rings is 1. The van der Waals surface area contributed by atoms with Gasteiger partial charge in [0.1, 0.15) is 11.9 Å². The Labute approximate surface area is 125 Å². The molecule has 1 nitrogen and oxygen atoms in total. The van der Waals surface area contributed by atoms with Crippen LogP contribution in [0.1, 0.15) is 42.2 Å². The van der Waals surface area contributed by atoms with E-state index in [1.165, 1.54) is 17.0 Å². The molecule has 0 spiro atoms. The van der Waals surface area contributed by atoms with Crippen LogP contribution in [-0.4, -0.2) is 5.11 Å². The highest BCUT2D eigenvalue weighted by Gasteiger charge is 2.21. The molecule has 0 aliphatic carbocycles. The SMILES string of the molecule is CC(C)(C)c1ccc(C(O)c2cc(F)ccc2Br)s1. The number of aliphatic hydroxyl groups is 1. The molecule has 0 aliphatic heterocycles. The van der Waals surface area contributed by atoms with Crippen LogP contribution >= 0.6 is 27.3 Å². The fourth-order valence-electron chi connectivity index (χ4n) is 1.78. The van der Waals surface area contributed by atoms with Crippen LogP contribution in [0.2, 0.25) is 0 Å². The Bertz CT molecular complexity index is 586. The number of thiophene rings is 1. The van der Waals surface area contributed by atoms with Gasteiger partial charge in [-0.2, -0.15) is 0 Å². The minimum atomic E-state index is -0.800. The first kappa shape index (κ1) is 14.7. The zero-order valence-electron chi connectivity index (χ0n) is 11.1. The van der Waals surface area contributed by atoms with E-state index in [9.17, 15) is 9.50 Å². The molecule has 0 amide bonds. The van der Waals surface area contributed by atoms with E-state index in [1.807, 2.05) is 12.1 Å². The zero-order valence-corrected chi connectivity index (χ0v) is 13.5. The highest BCUT2D eigenvalue weighted by atomic mass is 79.9. The van der Waals surface area contributed by atoms with E-state index in [4.69, 9.17) is 0 Å². The monoisotopic (exact) mass is 342 g/mol. The Morgan fingerprint density at radius 2 is 1.89 bits per heavy atom. The van der Waals surface area contributed by atoms with Gasteiger partial charge in [-0.1, -0.05) is 36.7 Å². The fourth-order valence-corrected chi connectivity index (χ4v) is 3.31. The van der Waals surface area contributed by atoms with Gasteiger partial charge >= 0.3 is 0 Å². The van der Waals surface area contributed by atoms with Crippen molar-refractivity contribution in [1.29, 1.82) is 0 Å². The highest BCUT2D eigenvalue weighted by Crippen LogP contribution is 2.36. The summed E-state index contributed by atoms with van der Waals surface area (Å²) in [6.07, 6.45) is -0.800. The van der Waals surface area contributed by atoms with Gasteiger partial charge in [0.25, 0.3) is 0 Å². The topological polar surface area (TPSA) is 20.2 Å². The Morgan fingerprint density at radius 1 is 1.21 bits per heavy atom. The first-order valence-corrected chi connectivity index (χ1v) is 7.63. The molecule has 0 fully saturated rings. The van der Waals surface area contributed by atoms with Crippen LogP contribution in [0.15, 0.2) is 34.8 Å². The van der Waals surface area contributed by atoms with Crippen molar-refractivity contribution in [3.05, 3.63) is 55.9 Å². The van der Waals surface area contributed by atoms with E-state index in [2.05, 4.69) is 36.7 Å². The van der Waals surface area contributed by atoms with Crippen molar-refractivity contribution in [2.45, 2.75) is 32.3 Å². The second-order valence-electron chi connectivity index (χ2n) is 5.52. The zero-order chi connectivity index (χ0) is 14.2. The summed E-state index contributed by atoms with van der Waals surface area (Å²) in [6.45, 7) is 6.40. The van der Waals surface area contributed by atoms with Gasteiger partial charge in [-0.05, 0) is 35.7 Å². The van der Waals surface area contributed by atoms with Crippen molar-refractivity contribution in [2.75, 3.05) is 0 Å². The van der Waals surface area contributed by atoms with E-state index >= 15 is 0 Å². The largest absolute Gasteiger partial charge is 0.383 e. The van der Waals surface area contributed by atoms with Crippen molar-refractivity contribution in [3.8, 4) is 0 Å². The average molecular weight is 343 g/mol. The fraction of sp³-hybridized carbons (Fsp3) is 0.333. The normalized spacial score (nSPS) is 13.6. The lowest BCUT2D eigenvalue weighted by Gasteiger charge is -2.16. The van der Waals surface area contributed by atoms with Crippen molar-refractivity contribution < 1.29 is 9.50 Å². The molecule has 2 aromatic rings. The molecule has 4 heteroatoms. The van der Waals surface area contributed by atoms with Crippen molar-refractivity contribution in [1.82, 2.24) is 0 Å². The molecular formula is C15H16BrFOS. The van der Waals surface area contributed by atoms with Crippen molar-refractivity contribution >= 4 is 27.3 Å². The van der Waals surface area contributed by atoms with Gasteiger partial charge in [0.05, 0.1) is 0 Å². The van der Waals surface area contributed by atoms with E-state index in [1.54, 1.807) is 17.4 Å². The second kappa shape index (κ2) is 5.35. The van der Waals surface area contributed by atoms with E-state index < -0.39 is 6.10 Å². The molecule has 1 N–H and O–H groups in total. The molecule has 102 valence electrons. The molecule has 1 atom stereocenters. The van der Waals surface area contributed by atoms with Gasteiger partial charge in [-0.3, -0.25) is 0 Å². The van der Waals surface area contributed by atoms with Crippen LogP contribution in [0, 0.1) is 5.82 Å². The smallest absolute Gasteiger partial charge is 0.123 e. The summed E-state index contributed by atoms with van der Waals surface area (Å²) in [4.78, 5) is 2.03. The third kappa shape index (κ3) is 3.25. The highest BCUT2D eigenvalue weighted by molar-refractivity contribution is 9.10. The van der Waals surface area contributed by atoms with Gasteiger partial charge in [0.2, 0.25) is 0 Å². The predicted molar refractivity (Wildman–Crippen MR) is 81.2 cm³/mol. The maximum Gasteiger partial charge on any atom is 0.123 e. The van der Waals surface area contributed by atoms with E-state index in [0.717, 1.165) is 4.88 Å². The summed E-state index contributed by atoms with van der Waals surface area (Å²) >= 11 is 4.92. The van der Waals surface area contributed by atoms with Gasteiger partial charge in [-0.15, -0.1) is 11.3 Å². The first-order valence-electron chi connectivity index (χ1n) is 6.02. The van der Waals surface area contributed by atoms with Gasteiger partial charge in [-0.25, -0.2) is 4.39 Å². The maximum atomic E-state index is 13.3. The van der Waals surface area contributed by atoms with Crippen molar-refractivity contribution in [3.63, 3.8) is 0 Å². The summed E-state index contributed by atoms with van der Waals surface area (Å²) in [6, 6.07) is 8.29. The quantitative estimate of drug-likeness (QED) is 0.811. The lowest BCUT2D eigenvalue weighted by atomic mass is 9.95. The molecule has 1 aromatic heterocycles. The minimum absolute atomic E-state index is 0.0573. The summed E-state index contributed by atoms with van der Waals surface area (Å²) in [5.74, 6) is -0.343. The van der Waals surface area contributed by atoms with Crippen LogP contribution in [-0.2, 0) is 5.41 Å². The summed E-state index contributed by atoms with van der Waals surface area (Å²) in [5, 5.41) is 10.4. The van der Waals surface area contributed by atoms with Crippen LogP contribution in [0.5, 0.6) is 0 Å². The summed E-state index contributed by atoms with van der Waals surface area (Å²) < 4.78 is 14.0. The molecule has 0 saturated carbocycles. The molecule has 1 heterocycles. The molecule has 0 aliphatic rings. The maximum absolute atomic E-state index is 13.3. The van der Waals surface area contributed by atoms with E-state index in [0.29, 0.717) is 10.0 Å². The average Bonchev–Trinajstić information content (AvgIpc) is 2.80. The van der Waals surface area contributed by atoms with Crippen LogP contribution < -0.4 is 0 Å². The van der Waals surface area contributed by atoms with Gasteiger partial charge < -0.3 is 5.11 Å². The Kier molecular flexibility index (Phi) is 4.14. The van der Waals surface area contributed by atoms with Gasteiger partial charge in [0, 0.05) is 19.8 Å². The molecular weight excluding hydrogens is 327 g/mol. The van der Waals surface area contributed by atoms with Gasteiger partial charge in [0.15, 0.2) is 0 Å². The summed E-state index contributed by atoms with van der Waals surface area (Å²) in [7, 11) is 0. The third-order valence-electron chi connectivity index (χ3n) is 2.89. The number of aliphatic hydroxyl groups excluding tert-OH is 1. The molecule has 1 aromatic carbocycles. The molecule has 0 saturated heterocycles. The lowest BCUT2D eigenvalue weighted by molar-refractivity contribution is 0.223. The molecule has 0 radical (unpaired) electrons.